The number of hydrogen-bond acceptors (Lipinski definition) is 5. The molecular weight excluding hydrogens is 382 g/mol. The SMILES string of the molecule is CCN(CC)c1ccc(NC(=O)/C(=C/c2ccc(OC)c(OC)c2)NC(C)=O)cc1. The summed E-state index contributed by atoms with van der Waals surface area (Å²) in [5.74, 6) is 0.346. The summed E-state index contributed by atoms with van der Waals surface area (Å²) in [7, 11) is 3.09. The molecule has 0 radical (unpaired) electrons. The first kappa shape index (κ1) is 22.8. The van der Waals surface area contributed by atoms with E-state index in [4.69, 9.17) is 9.47 Å². The molecule has 0 aromatic heterocycles. The number of anilines is 2. The van der Waals surface area contributed by atoms with E-state index in [-0.39, 0.29) is 11.6 Å². The maximum atomic E-state index is 12.8. The Morgan fingerprint density at radius 3 is 2.13 bits per heavy atom. The van der Waals surface area contributed by atoms with Crippen molar-refractivity contribution in [3.8, 4) is 11.5 Å². The minimum absolute atomic E-state index is 0.127. The Morgan fingerprint density at radius 2 is 1.60 bits per heavy atom. The second kappa shape index (κ2) is 10.9. The largest absolute Gasteiger partial charge is 0.493 e. The van der Waals surface area contributed by atoms with Crippen molar-refractivity contribution in [3.63, 3.8) is 0 Å². The van der Waals surface area contributed by atoms with Gasteiger partial charge in [-0.1, -0.05) is 6.07 Å². The maximum absolute atomic E-state index is 12.8. The Hall–Kier alpha value is -3.48. The van der Waals surface area contributed by atoms with Crippen LogP contribution in [0.4, 0.5) is 11.4 Å². The molecule has 0 saturated heterocycles. The van der Waals surface area contributed by atoms with E-state index in [1.54, 1.807) is 31.4 Å². The zero-order valence-corrected chi connectivity index (χ0v) is 18.1. The van der Waals surface area contributed by atoms with Crippen LogP contribution in [0.25, 0.3) is 6.08 Å². The second-order valence-corrected chi connectivity index (χ2v) is 6.53. The Bertz CT molecular complexity index is 903. The molecule has 0 heterocycles. The zero-order chi connectivity index (χ0) is 22.1. The van der Waals surface area contributed by atoms with Gasteiger partial charge in [0, 0.05) is 31.4 Å². The van der Waals surface area contributed by atoms with Gasteiger partial charge in [-0.05, 0) is 61.9 Å². The van der Waals surface area contributed by atoms with E-state index in [0.29, 0.717) is 22.7 Å². The third-order valence-corrected chi connectivity index (χ3v) is 4.53. The first-order valence-electron chi connectivity index (χ1n) is 9.79. The number of benzene rings is 2. The number of carbonyl (C=O) groups is 2. The molecule has 2 aromatic carbocycles. The number of nitrogens with one attached hydrogen (secondary N) is 2. The lowest BCUT2D eigenvalue weighted by molar-refractivity contribution is -0.120. The number of amides is 2. The molecule has 0 aliphatic rings. The van der Waals surface area contributed by atoms with Gasteiger partial charge < -0.3 is 25.0 Å². The van der Waals surface area contributed by atoms with Gasteiger partial charge in [0.2, 0.25) is 5.91 Å². The zero-order valence-electron chi connectivity index (χ0n) is 18.1. The van der Waals surface area contributed by atoms with Gasteiger partial charge in [0.25, 0.3) is 5.91 Å². The van der Waals surface area contributed by atoms with Crippen molar-refractivity contribution in [2.75, 3.05) is 37.5 Å². The van der Waals surface area contributed by atoms with Crippen LogP contribution in [0, 0.1) is 0 Å². The number of carbonyl (C=O) groups excluding carboxylic acids is 2. The van der Waals surface area contributed by atoms with Crippen LogP contribution in [-0.2, 0) is 9.59 Å². The highest BCUT2D eigenvalue weighted by atomic mass is 16.5. The predicted molar refractivity (Wildman–Crippen MR) is 120 cm³/mol. The lowest BCUT2D eigenvalue weighted by Crippen LogP contribution is -2.29. The fourth-order valence-corrected chi connectivity index (χ4v) is 3.00. The monoisotopic (exact) mass is 411 g/mol. The summed E-state index contributed by atoms with van der Waals surface area (Å²) < 4.78 is 10.5. The topological polar surface area (TPSA) is 79.9 Å². The molecule has 0 atom stereocenters. The van der Waals surface area contributed by atoms with Gasteiger partial charge in [-0.25, -0.2) is 0 Å². The average Bonchev–Trinajstić information content (AvgIpc) is 2.74. The van der Waals surface area contributed by atoms with Crippen LogP contribution >= 0.6 is 0 Å². The Morgan fingerprint density at radius 1 is 0.967 bits per heavy atom. The highest BCUT2D eigenvalue weighted by Gasteiger charge is 2.13. The number of rotatable bonds is 9. The van der Waals surface area contributed by atoms with Crippen molar-refractivity contribution in [1.29, 1.82) is 0 Å². The molecule has 0 bridgehead atoms. The van der Waals surface area contributed by atoms with Crippen LogP contribution in [0.3, 0.4) is 0 Å². The minimum Gasteiger partial charge on any atom is -0.493 e. The molecular formula is C23H29N3O4. The Balaban J connectivity index is 2.25. The van der Waals surface area contributed by atoms with Gasteiger partial charge in [-0.2, -0.15) is 0 Å². The fraction of sp³-hybridized carbons (Fsp3) is 0.304. The standard InChI is InChI=1S/C23H29N3O4/c1-6-26(7-2)19-11-9-18(10-12-19)25-23(28)20(24-16(3)27)14-17-8-13-21(29-4)22(15-17)30-5/h8-15H,6-7H2,1-5H3,(H,24,27)(H,25,28)/b20-14-. The summed E-state index contributed by atoms with van der Waals surface area (Å²) in [4.78, 5) is 26.6. The van der Waals surface area contributed by atoms with Crippen LogP contribution in [0.15, 0.2) is 48.2 Å². The third kappa shape index (κ3) is 6.01. The molecule has 0 spiro atoms. The second-order valence-electron chi connectivity index (χ2n) is 6.53. The molecule has 2 N–H and O–H groups in total. The molecule has 0 aliphatic carbocycles. The van der Waals surface area contributed by atoms with Crippen molar-refractivity contribution in [3.05, 3.63) is 53.7 Å². The van der Waals surface area contributed by atoms with Gasteiger partial charge >= 0.3 is 0 Å². The van der Waals surface area contributed by atoms with Crippen LogP contribution in [0.1, 0.15) is 26.3 Å². The van der Waals surface area contributed by atoms with Gasteiger partial charge in [-0.3, -0.25) is 9.59 Å². The first-order valence-corrected chi connectivity index (χ1v) is 9.79. The molecule has 2 amide bonds. The molecule has 0 saturated carbocycles. The van der Waals surface area contributed by atoms with E-state index in [2.05, 4.69) is 29.4 Å². The molecule has 7 nitrogen and oxygen atoms in total. The summed E-state index contributed by atoms with van der Waals surface area (Å²) in [5, 5.41) is 5.42. The molecule has 0 aliphatic heterocycles. The van der Waals surface area contributed by atoms with Crippen molar-refractivity contribution >= 4 is 29.3 Å². The number of nitrogens with zero attached hydrogens (tertiary/aromatic N) is 1. The number of methoxy groups -OCH3 is 2. The first-order chi connectivity index (χ1) is 14.4. The molecule has 0 unspecified atom stereocenters. The van der Waals surface area contributed by atoms with Gasteiger partial charge in [0.1, 0.15) is 5.70 Å². The number of hydrogen-bond donors (Lipinski definition) is 2. The molecule has 7 heteroatoms. The van der Waals surface area contributed by atoms with Crippen LogP contribution in [0.2, 0.25) is 0 Å². The van der Waals surface area contributed by atoms with E-state index in [0.717, 1.165) is 18.8 Å². The van der Waals surface area contributed by atoms with Crippen molar-refractivity contribution in [2.45, 2.75) is 20.8 Å². The van der Waals surface area contributed by atoms with Crippen LogP contribution in [0.5, 0.6) is 11.5 Å². The third-order valence-electron chi connectivity index (χ3n) is 4.53. The van der Waals surface area contributed by atoms with E-state index < -0.39 is 5.91 Å². The molecule has 0 fully saturated rings. The molecule has 2 aromatic rings. The van der Waals surface area contributed by atoms with Gasteiger partial charge in [0.05, 0.1) is 14.2 Å². The smallest absolute Gasteiger partial charge is 0.272 e. The lowest BCUT2D eigenvalue weighted by Gasteiger charge is -2.21. The Labute approximate surface area is 177 Å². The van der Waals surface area contributed by atoms with E-state index in [1.807, 2.05) is 24.3 Å². The maximum Gasteiger partial charge on any atom is 0.272 e. The van der Waals surface area contributed by atoms with Crippen LogP contribution in [-0.4, -0.2) is 39.1 Å². The van der Waals surface area contributed by atoms with Crippen molar-refractivity contribution in [1.82, 2.24) is 5.32 Å². The average molecular weight is 412 g/mol. The minimum atomic E-state index is -0.421. The summed E-state index contributed by atoms with van der Waals surface area (Å²) >= 11 is 0. The predicted octanol–water partition coefficient (Wildman–Crippen LogP) is 3.67. The summed E-state index contributed by atoms with van der Waals surface area (Å²) in [6.45, 7) is 7.36. The van der Waals surface area contributed by atoms with Gasteiger partial charge in [-0.15, -0.1) is 0 Å². The van der Waals surface area contributed by atoms with Crippen molar-refractivity contribution < 1.29 is 19.1 Å². The number of ether oxygens (including phenoxy) is 2. The highest BCUT2D eigenvalue weighted by molar-refractivity contribution is 6.08. The summed E-state index contributed by atoms with van der Waals surface area (Å²) in [6, 6.07) is 12.8. The van der Waals surface area contributed by atoms with E-state index >= 15 is 0 Å². The fourth-order valence-electron chi connectivity index (χ4n) is 3.00. The van der Waals surface area contributed by atoms with E-state index in [1.165, 1.54) is 14.0 Å². The lowest BCUT2D eigenvalue weighted by atomic mass is 10.1. The van der Waals surface area contributed by atoms with E-state index in [9.17, 15) is 9.59 Å². The van der Waals surface area contributed by atoms with Crippen LogP contribution < -0.4 is 25.0 Å². The quantitative estimate of drug-likeness (QED) is 0.616. The summed E-state index contributed by atoms with van der Waals surface area (Å²) in [6.07, 6.45) is 1.59. The van der Waals surface area contributed by atoms with Gasteiger partial charge in [0.15, 0.2) is 11.5 Å². The molecule has 2 rings (SSSR count). The Kier molecular flexibility index (Phi) is 8.29. The molecule has 30 heavy (non-hydrogen) atoms. The normalized spacial score (nSPS) is 10.9. The molecule has 160 valence electrons. The highest BCUT2D eigenvalue weighted by Crippen LogP contribution is 2.28. The van der Waals surface area contributed by atoms with Crippen molar-refractivity contribution in [2.24, 2.45) is 0 Å². The summed E-state index contributed by atoms with van der Waals surface area (Å²) in [5.41, 5.74) is 2.53.